The topological polar surface area (TPSA) is 20.3 Å². The fourth-order valence-corrected chi connectivity index (χ4v) is 2.23. The Kier molecular flexibility index (Phi) is 3.05. The number of anilines is 1. The maximum Gasteiger partial charge on any atom is 0.150 e. The fourth-order valence-electron chi connectivity index (χ4n) is 2.23. The number of aldehydes is 1. The van der Waals surface area contributed by atoms with Gasteiger partial charge in [-0.1, -0.05) is 0 Å². The first-order chi connectivity index (χ1) is 7.31. The molecular weight excluding hydrogens is 186 g/mol. The largest absolute Gasteiger partial charge is 0.369 e. The molecule has 2 heteroatoms. The summed E-state index contributed by atoms with van der Waals surface area (Å²) in [6.07, 6.45) is 4.78. The molecule has 1 unspecified atom stereocenters. The molecule has 1 aromatic rings. The van der Waals surface area contributed by atoms with Crippen LogP contribution in [-0.4, -0.2) is 18.9 Å². The van der Waals surface area contributed by atoms with Gasteiger partial charge in [-0.05, 0) is 50.5 Å². The van der Waals surface area contributed by atoms with Gasteiger partial charge in [-0.2, -0.15) is 0 Å². The summed E-state index contributed by atoms with van der Waals surface area (Å²) >= 11 is 0. The molecule has 1 atom stereocenters. The Hall–Kier alpha value is -1.31. The third kappa shape index (κ3) is 2.20. The van der Waals surface area contributed by atoms with Crippen LogP contribution in [0.2, 0.25) is 0 Å². The van der Waals surface area contributed by atoms with E-state index in [1.807, 2.05) is 24.3 Å². The molecule has 15 heavy (non-hydrogen) atoms. The Morgan fingerprint density at radius 1 is 1.27 bits per heavy atom. The molecule has 0 aromatic heterocycles. The molecule has 1 aliphatic rings. The van der Waals surface area contributed by atoms with Crippen LogP contribution in [0, 0.1) is 0 Å². The summed E-state index contributed by atoms with van der Waals surface area (Å²) in [6, 6.07) is 8.51. The SMILES string of the molecule is CC1CCCCN1c1ccc(C=O)cc1. The first-order valence-corrected chi connectivity index (χ1v) is 5.63. The second-order valence-electron chi connectivity index (χ2n) is 4.25. The van der Waals surface area contributed by atoms with Gasteiger partial charge < -0.3 is 4.90 Å². The maximum atomic E-state index is 10.5. The summed E-state index contributed by atoms with van der Waals surface area (Å²) in [5, 5.41) is 0. The third-order valence-corrected chi connectivity index (χ3v) is 3.16. The predicted octanol–water partition coefficient (Wildman–Crippen LogP) is 2.88. The minimum atomic E-state index is 0.626. The first-order valence-electron chi connectivity index (χ1n) is 5.63. The van der Waals surface area contributed by atoms with Gasteiger partial charge in [0.15, 0.2) is 0 Å². The van der Waals surface area contributed by atoms with E-state index in [0.29, 0.717) is 6.04 Å². The van der Waals surface area contributed by atoms with Crippen LogP contribution in [0.25, 0.3) is 0 Å². The Morgan fingerprint density at radius 3 is 2.60 bits per heavy atom. The number of carbonyl (C=O) groups is 1. The summed E-state index contributed by atoms with van der Waals surface area (Å²) in [4.78, 5) is 13.0. The average molecular weight is 203 g/mol. The van der Waals surface area contributed by atoms with E-state index in [1.165, 1.54) is 24.9 Å². The summed E-state index contributed by atoms with van der Waals surface area (Å²) < 4.78 is 0. The molecule has 0 amide bonds. The number of nitrogens with zero attached hydrogens (tertiary/aromatic N) is 1. The van der Waals surface area contributed by atoms with Gasteiger partial charge in [0.1, 0.15) is 6.29 Å². The number of hydrogen-bond donors (Lipinski definition) is 0. The monoisotopic (exact) mass is 203 g/mol. The Morgan fingerprint density at radius 2 is 2.00 bits per heavy atom. The summed E-state index contributed by atoms with van der Waals surface area (Å²) in [5.41, 5.74) is 2.00. The van der Waals surface area contributed by atoms with Crippen LogP contribution < -0.4 is 4.90 Å². The zero-order valence-corrected chi connectivity index (χ0v) is 9.15. The van der Waals surface area contributed by atoms with Crippen molar-refractivity contribution >= 4 is 12.0 Å². The van der Waals surface area contributed by atoms with Gasteiger partial charge in [-0.25, -0.2) is 0 Å². The quantitative estimate of drug-likeness (QED) is 0.689. The highest BCUT2D eigenvalue weighted by Crippen LogP contribution is 2.24. The molecule has 1 aromatic carbocycles. The minimum absolute atomic E-state index is 0.626. The van der Waals surface area contributed by atoms with E-state index in [-0.39, 0.29) is 0 Å². The number of piperidine rings is 1. The third-order valence-electron chi connectivity index (χ3n) is 3.16. The van der Waals surface area contributed by atoms with Crippen LogP contribution in [0.15, 0.2) is 24.3 Å². The smallest absolute Gasteiger partial charge is 0.150 e. The lowest BCUT2D eigenvalue weighted by Gasteiger charge is -2.35. The van der Waals surface area contributed by atoms with Crippen LogP contribution >= 0.6 is 0 Å². The molecule has 0 spiro atoms. The van der Waals surface area contributed by atoms with Crippen molar-refractivity contribution in [2.75, 3.05) is 11.4 Å². The predicted molar refractivity (Wildman–Crippen MR) is 62.5 cm³/mol. The molecule has 0 aliphatic carbocycles. The van der Waals surface area contributed by atoms with Crippen molar-refractivity contribution < 1.29 is 4.79 Å². The fraction of sp³-hybridized carbons (Fsp3) is 0.462. The zero-order valence-electron chi connectivity index (χ0n) is 9.15. The molecule has 1 saturated heterocycles. The van der Waals surface area contributed by atoms with Crippen molar-refractivity contribution in [1.82, 2.24) is 0 Å². The molecular formula is C13H17NO. The summed E-state index contributed by atoms with van der Waals surface area (Å²) in [5.74, 6) is 0. The normalized spacial score (nSPS) is 21.4. The van der Waals surface area contributed by atoms with E-state index in [4.69, 9.17) is 0 Å². The van der Waals surface area contributed by atoms with Gasteiger partial charge in [-0.15, -0.1) is 0 Å². The Bertz CT molecular complexity index is 331. The Labute approximate surface area is 90.9 Å². The van der Waals surface area contributed by atoms with Crippen molar-refractivity contribution in [3.63, 3.8) is 0 Å². The summed E-state index contributed by atoms with van der Waals surface area (Å²) in [6.45, 7) is 3.41. The molecule has 1 aliphatic heterocycles. The van der Waals surface area contributed by atoms with E-state index < -0.39 is 0 Å². The highest BCUT2D eigenvalue weighted by atomic mass is 16.1. The molecule has 0 bridgehead atoms. The molecule has 2 rings (SSSR count). The van der Waals surface area contributed by atoms with E-state index in [9.17, 15) is 4.79 Å². The van der Waals surface area contributed by atoms with Gasteiger partial charge in [0.2, 0.25) is 0 Å². The van der Waals surface area contributed by atoms with Gasteiger partial charge >= 0.3 is 0 Å². The van der Waals surface area contributed by atoms with Crippen molar-refractivity contribution in [3.8, 4) is 0 Å². The lowest BCUT2D eigenvalue weighted by molar-refractivity contribution is 0.112. The van der Waals surface area contributed by atoms with Crippen LogP contribution in [-0.2, 0) is 0 Å². The van der Waals surface area contributed by atoms with Gasteiger partial charge in [0, 0.05) is 23.8 Å². The second-order valence-corrected chi connectivity index (χ2v) is 4.25. The van der Waals surface area contributed by atoms with Crippen molar-refractivity contribution in [2.45, 2.75) is 32.2 Å². The van der Waals surface area contributed by atoms with E-state index in [2.05, 4.69) is 11.8 Å². The van der Waals surface area contributed by atoms with E-state index >= 15 is 0 Å². The molecule has 0 N–H and O–H groups in total. The second kappa shape index (κ2) is 4.47. The lowest BCUT2D eigenvalue weighted by atomic mass is 10.0. The van der Waals surface area contributed by atoms with Crippen molar-refractivity contribution in [1.29, 1.82) is 0 Å². The van der Waals surface area contributed by atoms with Crippen LogP contribution in [0.3, 0.4) is 0 Å². The molecule has 1 heterocycles. The van der Waals surface area contributed by atoms with Crippen LogP contribution in [0.5, 0.6) is 0 Å². The van der Waals surface area contributed by atoms with E-state index in [0.717, 1.165) is 18.4 Å². The highest BCUT2D eigenvalue weighted by Gasteiger charge is 2.17. The number of carbonyl (C=O) groups excluding carboxylic acids is 1. The zero-order chi connectivity index (χ0) is 10.7. The molecule has 1 fully saturated rings. The van der Waals surface area contributed by atoms with Crippen molar-refractivity contribution in [2.24, 2.45) is 0 Å². The van der Waals surface area contributed by atoms with Gasteiger partial charge in [0.25, 0.3) is 0 Å². The molecule has 2 nitrogen and oxygen atoms in total. The lowest BCUT2D eigenvalue weighted by Crippen LogP contribution is -2.37. The molecule has 0 radical (unpaired) electrons. The first kappa shape index (κ1) is 10.2. The van der Waals surface area contributed by atoms with Crippen LogP contribution in [0.4, 0.5) is 5.69 Å². The standard InChI is InChI=1S/C13H17NO/c1-11-4-2-3-9-14(11)13-7-5-12(10-15)6-8-13/h5-8,10-11H,2-4,9H2,1H3. The maximum absolute atomic E-state index is 10.5. The number of rotatable bonds is 2. The average Bonchev–Trinajstić information content (AvgIpc) is 2.30. The Balaban J connectivity index is 2.16. The highest BCUT2D eigenvalue weighted by molar-refractivity contribution is 5.75. The van der Waals surface area contributed by atoms with Crippen molar-refractivity contribution in [3.05, 3.63) is 29.8 Å². The number of benzene rings is 1. The molecule has 80 valence electrons. The van der Waals surface area contributed by atoms with Crippen LogP contribution in [0.1, 0.15) is 36.5 Å². The van der Waals surface area contributed by atoms with Gasteiger partial charge in [-0.3, -0.25) is 4.79 Å². The minimum Gasteiger partial charge on any atom is -0.369 e. The summed E-state index contributed by atoms with van der Waals surface area (Å²) in [7, 11) is 0. The number of hydrogen-bond acceptors (Lipinski definition) is 2. The van der Waals surface area contributed by atoms with Gasteiger partial charge in [0.05, 0.1) is 0 Å². The van der Waals surface area contributed by atoms with E-state index in [1.54, 1.807) is 0 Å². The molecule has 0 saturated carbocycles.